The fraction of sp³-hybridized carbons (Fsp3) is 1.00. The van der Waals surface area contributed by atoms with Crippen LogP contribution in [-0.2, 0) is 9.47 Å². The van der Waals surface area contributed by atoms with Gasteiger partial charge < -0.3 is 9.47 Å². The Bertz CT molecular complexity index is 253. The van der Waals surface area contributed by atoms with Gasteiger partial charge in [-0.25, -0.2) is 0 Å². The van der Waals surface area contributed by atoms with E-state index in [-0.39, 0.29) is 0 Å². The zero-order chi connectivity index (χ0) is 15.1. The Kier molecular flexibility index (Phi) is 7.40. The summed E-state index contributed by atoms with van der Waals surface area (Å²) in [5.74, 6) is 0. The highest BCUT2D eigenvalue weighted by atomic mass is 16.5. The zero-order valence-corrected chi connectivity index (χ0v) is 14.1. The molecule has 0 radical (unpaired) electrons. The molecule has 0 aliphatic carbocycles. The van der Waals surface area contributed by atoms with E-state index in [1.807, 2.05) is 0 Å². The summed E-state index contributed by atoms with van der Waals surface area (Å²) in [5.41, 5.74) is 0. The molecule has 2 atom stereocenters. The van der Waals surface area contributed by atoms with Gasteiger partial charge in [0.15, 0.2) is 0 Å². The summed E-state index contributed by atoms with van der Waals surface area (Å²) in [7, 11) is 0. The Morgan fingerprint density at radius 3 is 1.43 bits per heavy atom. The number of ether oxygens (including phenoxy) is 2. The summed E-state index contributed by atoms with van der Waals surface area (Å²) < 4.78 is 11.0. The molecule has 2 fully saturated rings. The van der Waals surface area contributed by atoms with Crippen molar-refractivity contribution in [1.29, 1.82) is 0 Å². The summed E-state index contributed by atoms with van der Waals surface area (Å²) in [6, 6.07) is 0. The Balaban J connectivity index is 2.05. The van der Waals surface area contributed by atoms with Crippen LogP contribution in [0, 0.1) is 0 Å². The number of hydrogen-bond acceptors (Lipinski definition) is 5. The highest BCUT2D eigenvalue weighted by Gasteiger charge is 2.32. The van der Waals surface area contributed by atoms with Crippen LogP contribution in [0.2, 0.25) is 0 Å². The van der Waals surface area contributed by atoms with E-state index >= 15 is 0 Å². The van der Waals surface area contributed by atoms with Gasteiger partial charge >= 0.3 is 0 Å². The highest BCUT2D eigenvalue weighted by molar-refractivity contribution is 4.81. The maximum atomic E-state index is 5.52. The predicted octanol–water partition coefficient (Wildman–Crippen LogP) is 1.44. The average molecular weight is 299 g/mol. The van der Waals surface area contributed by atoms with Gasteiger partial charge in [0.05, 0.1) is 38.8 Å². The molecule has 0 aromatic rings. The van der Waals surface area contributed by atoms with Crippen molar-refractivity contribution in [1.82, 2.24) is 14.7 Å². The molecule has 0 aromatic heterocycles. The zero-order valence-electron chi connectivity index (χ0n) is 14.1. The van der Waals surface area contributed by atoms with Crippen molar-refractivity contribution in [3.05, 3.63) is 0 Å². The van der Waals surface area contributed by atoms with E-state index in [4.69, 9.17) is 9.47 Å². The molecule has 2 heterocycles. The average Bonchev–Trinajstić information content (AvgIpc) is 2.56. The van der Waals surface area contributed by atoms with E-state index in [0.717, 1.165) is 59.2 Å². The van der Waals surface area contributed by atoms with Gasteiger partial charge in [-0.2, -0.15) is 0 Å². The first-order chi connectivity index (χ1) is 10.3. The number of hydrogen-bond donors (Lipinski definition) is 0. The van der Waals surface area contributed by atoms with Crippen LogP contribution in [0.15, 0.2) is 0 Å². The molecular formula is C16H33N3O2. The van der Waals surface area contributed by atoms with E-state index in [0.29, 0.717) is 12.3 Å². The van der Waals surface area contributed by atoms with Crippen LogP contribution in [0.1, 0.15) is 33.6 Å². The summed E-state index contributed by atoms with van der Waals surface area (Å²) in [4.78, 5) is 7.91. The molecule has 2 aliphatic heterocycles. The summed E-state index contributed by atoms with van der Waals surface area (Å²) in [6.45, 7) is 15.8. The number of nitrogens with zero attached hydrogens (tertiary/aromatic N) is 3. The third-order valence-corrected chi connectivity index (χ3v) is 4.80. The second-order valence-electron chi connectivity index (χ2n) is 5.90. The van der Waals surface area contributed by atoms with Gasteiger partial charge in [0.1, 0.15) is 0 Å². The molecule has 21 heavy (non-hydrogen) atoms. The fourth-order valence-corrected chi connectivity index (χ4v) is 3.78. The van der Waals surface area contributed by atoms with Crippen LogP contribution >= 0.6 is 0 Å². The maximum absolute atomic E-state index is 5.52. The highest BCUT2D eigenvalue weighted by Crippen LogP contribution is 2.20. The Morgan fingerprint density at radius 1 is 0.762 bits per heavy atom. The van der Waals surface area contributed by atoms with Crippen molar-refractivity contribution in [2.75, 3.05) is 59.2 Å². The first-order valence-corrected chi connectivity index (χ1v) is 8.71. The summed E-state index contributed by atoms with van der Waals surface area (Å²) in [5, 5.41) is 0. The van der Waals surface area contributed by atoms with Crippen molar-refractivity contribution in [2.24, 2.45) is 0 Å². The lowest BCUT2D eigenvalue weighted by molar-refractivity contribution is -0.0970. The van der Waals surface area contributed by atoms with Crippen molar-refractivity contribution in [2.45, 2.75) is 45.9 Å². The molecule has 0 N–H and O–H groups in total. The molecular weight excluding hydrogens is 266 g/mol. The molecule has 2 unspecified atom stereocenters. The molecule has 0 aromatic carbocycles. The predicted molar refractivity (Wildman–Crippen MR) is 85.3 cm³/mol. The van der Waals surface area contributed by atoms with Gasteiger partial charge in [-0.05, 0) is 19.4 Å². The van der Waals surface area contributed by atoms with Crippen molar-refractivity contribution >= 4 is 0 Å². The smallest absolute Gasteiger partial charge is 0.0634 e. The molecule has 0 spiro atoms. The number of rotatable bonds is 7. The quantitative estimate of drug-likeness (QED) is 0.709. The van der Waals surface area contributed by atoms with E-state index in [9.17, 15) is 0 Å². The second-order valence-corrected chi connectivity index (χ2v) is 5.90. The van der Waals surface area contributed by atoms with Gasteiger partial charge in [0, 0.05) is 26.2 Å². The van der Waals surface area contributed by atoms with Gasteiger partial charge in [-0.3, -0.25) is 14.7 Å². The van der Waals surface area contributed by atoms with Crippen molar-refractivity contribution < 1.29 is 9.47 Å². The molecule has 2 rings (SSSR count). The normalized spacial score (nSPS) is 25.1. The molecule has 0 amide bonds. The van der Waals surface area contributed by atoms with Gasteiger partial charge in [-0.15, -0.1) is 0 Å². The van der Waals surface area contributed by atoms with Gasteiger partial charge in [0.25, 0.3) is 0 Å². The van der Waals surface area contributed by atoms with Gasteiger partial charge in [-0.1, -0.05) is 20.8 Å². The number of morpholine rings is 2. The minimum atomic E-state index is 0.534. The first kappa shape index (κ1) is 17.2. The Labute approximate surface area is 130 Å². The minimum absolute atomic E-state index is 0.534. The third-order valence-electron chi connectivity index (χ3n) is 4.80. The first-order valence-electron chi connectivity index (χ1n) is 8.71. The van der Waals surface area contributed by atoms with Crippen molar-refractivity contribution in [3.63, 3.8) is 0 Å². The van der Waals surface area contributed by atoms with Crippen LogP contribution in [0.5, 0.6) is 0 Å². The van der Waals surface area contributed by atoms with Crippen LogP contribution in [0.4, 0.5) is 0 Å². The summed E-state index contributed by atoms with van der Waals surface area (Å²) in [6.07, 6.45) is 3.42. The maximum Gasteiger partial charge on any atom is 0.0634 e. The van der Waals surface area contributed by atoms with E-state index in [1.165, 1.54) is 12.8 Å². The van der Waals surface area contributed by atoms with E-state index < -0.39 is 0 Å². The molecule has 124 valence electrons. The Hall–Kier alpha value is -0.200. The topological polar surface area (TPSA) is 28.2 Å². The summed E-state index contributed by atoms with van der Waals surface area (Å²) >= 11 is 0. The molecule has 2 saturated heterocycles. The fourth-order valence-electron chi connectivity index (χ4n) is 3.78. The lowest BCUT2D eigenvalue weighted by Gasteiger charge is -2.48. The van der Waals surface area contributed by atoms with Crippen molar-refractivity contribution in [3.8, 4) is 0 Å². The minimum Gasteiger partial charge on any atom is -0.379 e. The SMILES string of the molecule is CCC(N1CCOCC1)N(CC)C(CC)N1CCOCC1. The molecule has 2 aliphatic rings. The largest absolute Gasteiger partial charge is 0.379 e. The third kappa shape index (κ3) is 4.39. The van der Waals surface area contributed by atoms with E-state index in [1.54, 1.807) is 0 Å². The molecule has 0 saturated carbocycles. The molecule has 0 bridgehead atoms. The van der Waals surface area contributed by atoms with Crippen LogP contribution in [0.3, 0.4) is 0 Å². The van der Waals surface area contributed by atoms with Crippen LogP contribution < -0.4 is 0 Å². The molecule has 5 nitrogen and oxygen atoms in total. The lowest BCUT2D eigenvalue weighted by Crippen LogP contribution is -2.60. The lowest BCUT2D eigenvalue weighted by atomic mass is 10.2. The molecule has 5 heteroatoms. The second kappa shape index (κ2) is 9.06. The van der Waals surface area contributed by atoms with Crippen LogP contribution in [-0.4, -0.2) is 86.2 Å². The van der Waals surface area contributed by atoms with E-state index in [2.05, 4.69) is 35.5 Å². The van der Waals surface area contributed by atoms with Crippen LogP contribution in [0.25, 0.3) is 0 Å². The monoisotopic (exact) mass is 299 g/mol. The van der Waals surface area contributed by atoms with Gasteiger partial charge in [0.2, 0.25) is 0 Å². The standard InChI is InChI=1S/C16H33N3O2/c1-4-15(17-7-11-20-12-8-17)19(6-3)16(5-2)18-9-13-21-14-10-18/h15-16H,4-14H2,1-3H3. The Morgan fingerprint density at radius 2 is 1.14 bits per heavy atom.